The third kappa shape index (κ3) is 2.20. The number of nitrogens with zero attached hydrogens (tertiary/aromatic N) is 4. The van der Waals surface area contributed by atoms with Crippen molar-refractivity contribution in [2.24, 2.45) is 0 Å². The lowest BCUT2D eigenvalue weighted by Gasteiger charge is -2.14. The number of aryl methyl sites for hydroxylation is 2. The highest BCUT2D eigenvalue weighted by molar-refractivity contribution is 5.29. The highest BCUT2D eigenvalue weighted by Crippen LogP contribution is 2.18. The van der Waals surface area contributed by atoms with Crippen LogP contribution in [0.4, 0.5) is 5.95 Å². The normalized spacial score (nSPS) is 14.3. The van der Waals surface area contributed by atoms with E-state index in [0.717, 1.165) is 25.1 Å². The molecule has 3 heterocycles. The van der Waals surface area contributed by atoms with Gasteiger partial charge in [-0.15, -0.1) is 0 Å². The summed E-state index contributed by atoms with van der Waals surface area (Å²) < 4.78 is 2.12. The number of aromatic nitrogens is 4. The Labute approximate surface area is 106 Å². The molecule has 0 radical (unpaired) electrons. The maximum absolute atomic E-state index is 4.42. The summed E-state index contributed by atoms with van der Waals surface area (Å²) in [6.45, 7) is 3.78. The third-order valence-corrected chi connectivity index (χ3v) is 3.29. The summed E-state index contributed by atoms with van der Waals surface area (Å²) in [5.41, 5.74) is 3.70. The Bertz CT molecular complexity index is 529. The molecular weight excluding hydrogens is 226 g/mol. The molecule has 0 bridgehead atoms. The molecule has 2 aromatic heterocycles. The van der Waals surface area contributed by atoms with E-state index >= 15 is 0 Å². The Balaban J connectivity index is 1.70. The number of rotatable bonds is 3. The summed E-state index contributed by atoms with van der Waals surface area (Å²) in [7, 11) is 0. The molecule has 0 aromatic carbocycles. The number of anilines is 1. The van der Waals surface area contributed by atoms with Crippen LogP contribution in [0, 0.1) is 6.92 Å². The van der Waals surface area contributed by atoms with Crippen molar-refractivity contribution in [2.75, 3.05) is 5.32 Å². The minimum absolute atomic E-state index is 0.677. The first kappa shape index (κ1) is 11.2. The topological polar surface area (TPSA) is 55.6 Å². The Morgan fingerprint density at radius 2 is 2.06 bits per heavy atom. The second-order valence-corrected chi connectivity index (χ2v) is 4.73. The van der Waals surface area contributed by atoms with Gasteiger partial charge < -0.3 is 5.32 Å². The van der Waals surface area contributed by atoms with E-state index in [1.165, 1.54) is 24.1 Å². The smallest absolute Gasteiger partial charge is 0.222 e. The van der Waals surface area contributed by atoms with Crippen LogP contribution in [0.25, 0.3) is 0 Å². The molecule has 0 atom stereocenters. The molecule has 5 nitrogen and oxygen atoms in total. The fraction of sp³-hybridized carbons (Fsp3) is 0.462. The zero-order valence-electron chi connectivity index (χ0n) is 10.6. The Hall–Kier alpha value is -1.91. The van der Waals surface area contributed by atoms with Gasteiger partial charge in [-0.3, -0.25) is 4.68 Å². The highest BCUT2D eigenvalue weighted by atomic mass is 15.3. The average Bonchev–Trinajstić information content (AvgIpc) is 2.82. The van der Waals surface area contributed by atoms with Crippen molar-refractivity contribution >= 4 is 5.95 Å². The van der Waals surface area contributed by atoms with E-state index in [1.807, 2.05) is 25.5 Å². The molecule has 18 heavy (non-hydrogen) atoms. The highest BCUT2D eigenvalue weighted by Gasteiger charge is 2.14. The molecule has 0 spiro atoms. The van der Waals surface area contributed by atoms with Crippen LogP contribution in [0.15, 0.2) is 18.6 Å². The molecule has 1 aliphatic rings. The quantitative estimate of drug-likeness (QED) is 0.895. The molecule has 0 amide bonds. The minimum atomic E-state index is 0.677. The second kappa shape index (κ2) is 4.76. The number of fused-ring (bicyclic) bond motifs is 1. The van der Waals surface area contributed by atoms with Crippen LogP contribution in [0.2, 0.25) is 0 Å². The predicted molar refractivity (Wildman–Crippen MR) is 69.3 cm³/mol. The van der Waals surface area contributed by atoms with Gasteiger partial charge in [-0.1, -0.05) is 0 Å². The first-order chi connectivity index (χ1) is 8.83. The first-order valence-electron chi connectivity index (χ1n) is 6.39. The predicted octanol–water partition coefficient (Wildman–Crippen LogP) is 1.93. The summed E-state index contributed by atoms with van der Waals surface area (Å²) in [5.74, 6) is 0.677. The molecule has 5 heteroatoms. The van der Waals surface area contributed by atoms with Crippen molar-refractivity contribution in [1.29, 1.82) is 0 Å². The molecule has 1 N–H and O–H groups in total. The maximum Gasteiger partial charge on any atom is 0.222 e. The van der Waals surface area contributed by atoms with Crippen LogP contribution in [-0.2, 0) is 19.5 Å². The van der Waals surface area contributed by atoms with Crippen molar-refractivity contribution < 1.29 is 0 Å². The van der Waals surface area contributed by atoms with Gasteiger partial charge in [-0.2, -0.15) is 5.10 Å². The number of hydrogen-bond acceptors (Lipinski definition) is 4. The average molecular weight is 243 g/mol. The zero-order chi connectivity index (χ0) is 12.4. The van der Waals surface area contributed by atoms with E-state index < -0.39 is 0 Å². The lowest BCUT2D eigenvalue weighted by atomic mass is 10.1. The first-order valence-corrected chi connectivity index (χ1v) is 6.39. The maximum atomic E-state index is 4.42. The van der Waals surface area contributed by atoms with Gasteiger partial charge in [0.1, 0.15) is 0 Å². The Morgan fingerprint density at radius 3 is 2.89 bits per heavy atom. The summed E-state index contributed by atoms with van der Waals surface area (Å²) in [5, 5.41) is 7.67. The summed E-state index contributed by atoms with van der Waals surface area (Å²) in [6.07, 6.45) is 9.24. The molecule has 0 fully saturated rings. The number of nitrogens with one attached hydrogen (secondary N) is 1. The van der Waals surface area contributed by atoms with Gasteiger partial charge in [-0.05, 0) is 31.7 Å². The molecule has 3 rings (SSSR count). The zero-order valence-corrected chi connectivity index (χ0v) is 10.6. The van der Waals surface area contributed by atoms with Crippen molar-refractivity contribution in [3.05, 3.63) is 35.4 Å². The molecule has 0 saturated heterocycles. The molecule has 94 valence electrons. The van der Waals surface area contributed by atoms with Crippen LogP contribution in [0.3, 0.4) is 0 Å². The monoisotopic (exact) mass is 243 g/mol. The third-order valence-electron chi connectivity index (χ3n) is 3.29. The van der Waals surface area contributed by atoms with E-state index in [2.05, 4.69) is 25.1 Å². The van der Waals surface area contributed by atoms with Crippen molar-refractivity contribution in [1.82, 2.24) is 19.7 Å². The SMILES string of the molecule is Cc1cnc(NCc2cnn3c2CCCC3)nc1. The minimum Gasteiger partial charge on any atom is -0.350 e. The number of hydrogen-bond donors (Lipinski definition) is 1. The van der Waals surface area contributed by atoms with Crippen molar-refractivity contribution in [2.45, 2.75) is 39.3 Å². The second-order valence-electron chi connectivity index (χ2n) is 4.73. The summed E-state index contributed by atoms with van der Waals surface area (Å²) in [4.78, 5) is 8.48. The van der Waals surface area contributed by atoms with Crippen LogP contribution in [0.1, 0.15) is 29.7 Å². The Morgan fingerprint density at radius 1 is 1.22 bits per heavy atom. The largest absolute Gasteiger partial charge is 0.350 e. The molecule has 2 aromatic rings. The summed E-state index contributed by atoms with van der Waals surface area (Å²) in [6, 6.07) is 0. The van der Waals surface area contributed by atoms with Crippen LogP contribution in [0.5, 0.6) is 0 Å². The lowest BCUT2D eigenvalue weighted by Crippen LogP contribution is -2.13. The Kier molecular flexibility index (Phi) is 2.96. The van der Waals surface area contributed by atoms with Gasteiger partial charge in [0, 0.05) is 36.7 Å². The van der Waals surface area contributed by atoms with E-state index in [1.54, 1.807) is 0 Å². The molecule has 0 saturated carbocycles. The standard InChI is InChI=1S/C13H17N5/c1-10-6-14-13(15-7-10)16-8-11-9-17-18-5-3-2-4-12(11)18/h6-7,9H,2-5,8H2,1H3,(H,14,15,16). The molecule has 1 aliphatic heterocycles. The van der Waals surface area contributed by atoms with Crippen LogP contribution in [-0.4, -0.2) is 19.7 Å². The fourth-order valence-electron chi connectivity index (χ4n) is 2.29. The van der Waals surface area contributed by atoms with Gasteiger partial charge in [0.25, 0.3) is 0 Å². The van der Waals surface area contributed by atoms with E-state index in [9.17, 15) is 0 Å². The van der Waals surface area contributed by atoms with E-state index in [-0.39, 0.29) is 0 Å². The van der Waals surface area contributed by atoms with Gasteiger partial charge in [0.05, 0.1) is 6.20 Å². The van der Waals surface area contributed by atoms with Crippen molar-refractivity contribution in [3.8, 4) is 0 Å². The van der Waals surface area contributed by atoms with Gasteiger partial charge in [0.15, 0.2) is 0 Å². The molecule has 0 unspecified atom stereocenters. The van der Waals surface area contributed by atoms with Gasteiger partial charge >= 0.3 is 0 Å². The summed E-state index contributed by atoms with van der Waals surface area (Å²) >= 11 is 0. The molecule has 0 aliphatic carbocycles. The van der Waals surface area contributed by atoms with Gasteiger partial charge in [0.2, 0.25) is 5.95 Å². The van der Waals surface area contributed by atoms with Crippen LogP contribution < -0.4 is 5.32 Å². The molecular formula is C13H17N5. The van der Waals surface area contributed by atoms with Crippen molar-refractivity contribution in [3.63, 3.8) is 0 Å². The van der Waals surface area contributed by atoms with Crippen LogP contribution >= 0.6 is 0 Å². The lowest BCUT2D eigenvalue weighted by molar-refractivity contribution is 0.484. The van der Waals surface area contributed by atoms with Gasteiger partial charge in [-0.25, -0.2) is 9.97 Å². The fourth-order valence-corrected chi connectivity index (χ4v) is 2.29. The van der Waals surface area contributed by atoms with E-state index in [4.69, 9.17) is 0 Å². The van der Waals surface area contributed by atoms with E-state index in [0.29, 0.717) is 5.95 Å².